The van der Waals surface area contributed by atoms with Gasteiger partial charge in [-0.15, -0.1) is 0 Å². The lowest BCUT2D eigenvalue weighted by Gasteiger charge is -2.38. The van der Waals surface area contributed by atoms with Gasteiger partial charge in [-0.25, -0.2) is 4.79 Å². The Labute approximate surface area is 499 Å². The van der Waals surface area contributed by atoms with E-state index >= 15 is 0 Å². The van der Waals surface area contributed by atoms with Gasteiger partial charge in [0.25, 0.3) is 0 Å². The highest BCUT2D eigenvalue weighted by Gasteiger charge is 2.43. The largest absolute Gasteiger partial charge is 0.497 e. The monoisotopic (exact) mass is 1150 g/mol. The van der Waals surface area contributed by atoms with Crippen LogP contribution < -0.4 is 29.6 Å². The Morgan fingerprint density at radius 1 is 0.711 bits per heavy atom. The summed E-state index contributed by atoms with van der Waals surface area (Å²) in [5.74, 6) is 5.68. The first-order valence-electron chi connectivity index (χ1n) is 31.4. The Morgan fingerprint density at radius 2 is 1.33 bits per heavy atom. The average molecular weight is 1150 g/mol. The number of benzene rings is 4. The number of ether oxygens (including phenoxy) is 7. The number of carbonyl (C=O) groups is 3. The van der Waals surface area contributed by atoms with Gasteiger partial charge in [-0.05, 0) is 161 Å². The fourth-order valence-electron chi connectivity index (χ4n) is 12.3. The third-order valence-electron chi connectivity index (χ3n) is 17.6. The molecular weight excluding hydrogens is 1040 g/mol. The second kappa shape index (κ2) is 33.0. The lowest BCUT2D eigenvalue weighted by molar-refractivity contribution is -0.134. The van der Waals surface area contributed by atoms with Crippen molar-refractivity contribution in [2.75, 3.05) is 54.2 Å². The minimum atomic E-state index is -1.06. The summed E-state index contributed by atoms with van der Waals surface area (Å²) >= 11 is 0. The number of likely N-dealkylation sites (tertiary alicyclic amines) is 1. The summed E-state index contributed by atoms with van der Waals surface area (Å²) in [6.45, 7) is 21.5. The molecule has 13 heteroatoms. The molecule has 4 aromatic rings. The Kier molecular flexibility index (Phi) is 26.4. The van der Waals surface area contributed by atoms with E-state index in [4.69, 9.17) is 33.2 Å². The van der Waals surface area contributed by atoms with Crippen molar-refractivity contribution in [1.29, 1.82) is 0 Å². The number of alkyl carbamates (subject to hydrolysis) is 1. The maximum Gasteiger partial charge on any atom is 0.407 e. The van der Waals surface area contributed by atoms with E-state index in [1.165, 1.54) is 56.9 Å². The number of amides is 3. The summed E-state index contributed by atoms with van der Waals surface area (Å²) in [5.41, 5.74) is 6.01. The number of hydrogen-bond donors (Lipinski definition) is 2. The van der Waals surface area contributed by atoms with E-state index in [0.29, 0.717) is 51.6 Å². The van der Waals surface area contributed by atoms with Crippen LogP contribution in [0, 0.1) is 38.5 Å². The lowest BCUT2D eigenvalue weighted by Crippen LogP contribution is -2.42. The van der Waals surface area contributed by atoms with Gasteiger partial charge in [-0.1, -0.05) is 134 Å². The molecule has 6 atom stereocenters. The van der Waals surface area contributed by atoms with E-state index in [1.54, 1.807) is 21.3 Å². The van der Waals surface area contributed by atoms with Crippen molar-refractivity contribution in [3.8, 4) is 23.0 Å². The number of methoxy groups -OCH3 is 2. The van der Waals surface area contributed by atoms with Crippen LogP contribution in [0.2, 0.25) is 0 Å². The molecule has 83 heavy (non-hydrogen) atoms. The Balaban J connectivity index is 0.968. The van der Waals surface area contributed by atoms with Crippen molar-refractivity contribution in [2.24, 2.45) is 17.8 Å². The Morgan fingerprint density at radius 3 is 1.94 bits per heavy atom. The van der Waals surface area contributed by atoms with E-state index in [1.807, 2.05) is 78.6 Å². The number of fused-ring (bicyclic) bond motifs is 1. The molecule has 13 nitrogen and oxygen atoms in total. The van der Waals surface area contributed by atoms with E-state index in [2.05, 4.69) is 78.2 Å². The predicted molar refractivity (Wildman–Crippen MR) is 332 cm³/mol. The van der Waals surface area contributed by atoms with Gasteiger partial charge in [0.1, 0.15) is 47.4 Å². The fourth-order valence-corrected chi connectivity index (χ4v) is 12.3. The van der Waals surface area contributed by atoms with Crippen LogP contribution in [0.3, 0.4) is 0 Å². The van der Waals surface area contributed by atoms with Gasteiger partial charge in [0, 0.05) is 38.5 Å². The molecule has 0 aromatic heterocycles. The van der Waals surface area contributed by atoms with Gasteiger partial charge in [0.2, 0.25) is 11.8 Å². The van der Waals surface area contributed by atoms with Crippen molar-refractivity contribution in [3.05, 3.63) is 118 Å². The first-order chi connectivity index (χ1) is 39.9. The molecule has 1 saturated heterocycles. The molecule has 0 aliphatic carbocycles. The predicted octanol–water partition coefficient (Wildman–Crippen LogP) is 14.7. The van der Waals surface area contributed by atoms with E-state index in [9.17, 15) is 14.4 Å². The molecule has 0 radical (unpaired) electrons. The van der Waals surface area contributed by atoms with Crippen molar-refractivity contribution in [2.45, 2.75) is 207 Å². The third kappa shape index (κ3) is 19.4. The molecule has 458 valence electrons. The fraction of sp³-hybridized carbons (Fsp3) is 0.614. The first kappa shape index (κ1) is 66.4. The van der Waals surface area contributed by atoms with Crippen molar-refractivity contribution < 1.29 is 47.5 Å². The zero-order chi connectivity index (χ0) is 59.9. The van der Waals surface area contributed by atoms with Gasteiger partial charge < -0.3 is 48.7 Å². The zero-order valence-corrected chi connectivity index (χ0v) is 52.8. The molecule has 2 N–H and O–H groups in total. The maximum atomic E-state index is 14.3. The molecular formula is C70H103N3O10. The number of unbranched alkanes of at least 4 members (excludes halogenated alkanes) is 2. The zero-order valence-electron chi connectivity index (χ0n) is 52.8. The van der Waals surface area contributed by atoms with E-state index in [0.717, 1.165) is 99.8 Å². The smallest absolute Gasteiger partial charge is 0.407 e. The number of hydrogen-bond acceptors (Lipinski definition) is 10. The van der Waals surface area contributed by atoms with Crippen molar-refractivity contribution in [1.82, 2.24) is 15.5 Å². The number of carbonyl (C=O) groups excluding carboxylic acids is 3. The molecule has 1 unspecified atom stereocenters. The molecule has 2 aliphatic rings. The van der Waals surface area contributed by atoms with Gasteiger partial charge in [0.05, 0.1) is 39.1 Å². The number of nitrogens with one attached hydrogen (secondary N) is 2. The first-order valence-corrected chi connectivity index (χ1v) is 31.4. The SMILES string of the molecule is CNC(=O)CCC(C)O[C@@H]1C[C@@H](COC(c2ccccc2)(c2ccc(OC)cc2)c2ccc(OC)cc2)N(C(=O)CCCCCNC(=O)OCCOc2c(C)c(C)c3c(c2C)CC[C@@](C)(CCC[C@H](C)CCC[C@H](C)CCCC(C)C)O3)C1. The van der Waals surface area contributed by atoms with E-state index in [-0.39, 0.29) is 55.5 Å². The highest BCUT2D eigenvalue weighted by molar-refractivity contribution is 5.77. The minimum absolute atomic E-state index is 0.0222. The molecule has 0 bridgehead atoms. The van der Waals surface area contributed by atoms with Crippen LogP contribution in [0.5, 0.6) is 23.0 Å². The van der Waals surface area contributed by atoms with Gasteiger partial charge in [-0.3, -0.25) is 9.59 Å². The normalized spacial score (nSPS) is 18.0. The highest BCUT2D eigenvalue weighted by Crippen LogP contribution is 2.46. The van der Waals surface area contributed by atoms with Crippen LogP contribution in [0.15, 0.2) is 78.9 Å². The second-order valence-corrected chi connectivity index (χ2v) is 24.7. The minimum Gasteiger partial charge on any atom is -0.497 e. The van der Waals surface area contributed by atoms with Crippen LogP contribution in [-0.2, 0) is 35.8 Å². The number of nitrogens with zero attached hydrogens (tertiary/aromatic N) is 1. The standard InChI is InChI=1S/C70H103N3O10/c1-49(2)22-19-23-50(3)24-20-25-51(4)26-21-41-69(9)42-40-63-55(8)66(53(6)54(7)67(63)83-69)79-44-45-80-68(76)72-43-18-14-17-29-65(75)73-47-62(82-52(5)30-39-64(74)71-10)46-59(73)48-81-70(56-27-15-13-16-28-56,57-31-35-60(77-11)36-32-57)58-33-37-61(78-12)38-34-58/h13,15-16,27-28,31-38,49-52,59,62H,14,17-26,29-30,39-48H2,1-12H3,(H,71,74)(H,72,76)/t50-,51-,52?,59+,62-,69-/m1/s1. The second-order valence-electron chi connectivity index (χ2n) is 24.7. The van der Waals surface area contributed by atoms with Crippen LogP contribution >= 0.6 is 0 Å². The Hall–Kier alpha value is -5.79. The topological polar surface area (TPSA) is 143 Å². The van der Waals surface area contributed by atoms with Crippen LogP contribution in [0.1, 0.15) is 190 Å². The van der Waals surface area contributed by atoms with E-state index < -0.39 is 11.7 Å². The molecule has 4 aromatic carbocycles. The molecule has 0 saturated carbocycles. The molecule has 2 aliphatic heterocycles. The maximum absolute atomic E-state index is 14.3. The number of rotatable bonds is 35. The Bertz CT molecular complexity index is 2560. The molecule has 0 spiro atoms. The van der Waals surface area contributed by atoms with Crippen LogP contribution in [0.4, 0.5) is 4.79 Å². The summed E-state index contributed by atoms with van der Waals surface area (Å²) in [4.78, 5) is 41.2. The highest BCUT2D eigenvalue weighted by atomic mass is 16.6. The summed E-state index contributed by atoms with van der Waals surface area (Å²) < 4.78 is 43.8. The van der Waals surface area contributed by atoms with Gasteiger partial charge >= 0.3 is 6.09 Å². The van der Waals surface area contributed by atoms with Crippen LogP contribution in [0.25, 0.3) is 0 Å². The molecule has 1 fully saturated rings. The van der Waals surface area contributed by atoms with Crippen molar-refractivity contribution in [3.63, 3.8) is 0 Å². The summed E-state index contributed by atoms with van der Waals surface area (Å²) in [6.07, 6.45) is 16.5. The lowest BCUT2D eigenvalue weighted by atomic mass is 9.80. The van der Waals surface area contributed by atoms with Crippen molar-refractivity contribution >= 4 is 17.9 Å². The molecule has 2 heterocycles. The van der Waals surface area contributed by atoms with Gasteiger partial charge in [-0.2, -0.15) is 0 Å². The van der Waals surface area contributed by atoms with Crippen LogP contribution in [-0.4, -0.2) is 101 Å². The average Bonchev–Trinajstić information content (AvgIpc) is 2.63. The van der Waals surface area contributed by atoms with Gasteiger partial charge in [0.15, 0.2) is 0 Å². The quantitative estimate of drug-likeness (QED) is 0.0338. The summed E-state index contributed by atoms with van der Waals surface area (Å²) in [5, 5.41) is 5.58. The summed E-state index contributed by atoms with van der Waals surface area (Å²) in [7, 11) is 4.93. The summed E-state index contributed by atoms with van der Waals surface area (Å²) in [6, 6.07) is 25.7. The molecule has 6 rings (SSSR count). The third-order valence-corrected chi connectivity index (χ3v) is 17.6. The molecule has 3 amide bonds.